The van der Waals surface area contributed by atoms with Gasteiger partial charge in [-0.15, -0.1) is 0 Å². The van der Waals surface area contributed by atoms with E-state index in [4.69, 9.17) is 5.73 Å². The minimum absolute atomic E-state index is 0.120. The molecule has 208 valence electrons. The van der Waals surface area contributed by atoms with Gasteiger partial charge in [-0.3, -0.25) is 19.2 Å². The van der Waals surface area contributed by atoms with Crippen LogP contribution in [0.5, 0.6) is 5.75 Å². The number of nitrogens with zero attached hydrogens (tertiary/aromatic N) is 1. The highest BCUT2D eigenvalue weighted by Gasteiger charge is 2.60. The van der Waals surface area contributed by atoms with Crippen LogP contribution in [0.1, 0.15) is 34.3 Å². The molecule has 0 aliphatic heterocycles. The maximum atomic E-state index is 15.3. The number of aliphatic hydroxyl groups excluding tert-OH is 2. The number of primary amides is 1. The fraction of sp³-hybridized carbons (Fsp3) is 0.286. The molecule has 40 heavy (non-hydrogen) atoms. The number of nitrogens with one attached hydrogen (secondary N) is 1. The average molecular weight is 552 g/mol. The highest BCUT2D eigenvalue weighted by molar-refractivity contribution is 6.22. The summed E-state index contributed by atoms with van der Waals surface area (Å²) < 4.78 is 15.3. The van der Waals surface area contributed by atoms with E-state index < -0.39 is 87.0 Å². The molecule has 0 aromatic heterocycles. The zero-order valence-electron chi connectivity index (χ0n) is 21.5. The Hall–Kier alpha value is -4.71. The fourth-order valence-electron chi connectivity index (χ4n) is 5.84. The number of halogens is 1. The van der Waals surface area contributed by atoms with Crippen molar-refractivity contribution in [2.75, 3.05) is 24.3 Å². The number of phenols is 1. The molecule has 3 aliphatic carbocycles. The summed E-state index contributed by atoms with van der Waals surface area (Å²) in [5, 5.41) is 46.5. The minimum Gasteiger partial charge on any atom is -0.508 e. The number of benzene rings is 2. The minimum atomic E-state index is -2.73. The van der Waals surface area contributed by atoms with Crippen molar-refractivity contribution in [3.8, 4) is 5.75 Å². The number of anilines is 2. The Kier molecular flexibility index (Phi) is 6.18. The van der Waals surface area contributed by atoms with Gasteiger partial charge in [0.1, 0.15) is 22.9 Å². The first-order valence-electron chi connectivity index (χ1n) is 12.4. The van der Waals surface area contributed by atoms with E-state index in [9.17, 15) is 39.6 Å². The number of carbonyl (C=O) groups is 4. The van der Waals surface area contributed by atoms with E-state index in [1.807, 2.05) is 19.0 Å². The van der Waals surface area contributed by atoms with Crippen LogP contribution in [-0.2, 0) is 20.8 Å². The van der Waals surface area contributed by atoms with Crippen molar-refractivity contribution in [2.24, 2.45) is 17.6 Å². The lowest BCUT2D eigenvalue weighted by Crippen LogP contribution is -2.58. The number of fused-ring (bicyclic) bond motifs is 3. The molecule has 0 bridgehead atoms. The van der Waals surface area contributed by atoms with Crippen LogP contribution in [0.15, 0.2) is 47.2 Å². The third-order valence-electron chi connectivity index (χ3n) is 7.90. The van der Waals surface area contributed by atoms with E-state index in [0.29, 0.717) is 0 Å². The molecule has 7 N–H and O–H groups in total. The van der Waals surface area contributed by atoms with Gasteiger partial charge in [0.2, 0.25) is 5.78 Å². The van der Waals surface area contributed by atoms with Gasteiger partial charge in [0.25, 0.3) is 11.8 Å². The summed E-state index contributed by atoms with van der Waals surface area (Å²) in [6.45, 7) is 0. The highest BCUT2D eigenvalue weighted by atomic mass is 19.1. The van der Waals surface area contributed by atoms with Gasteiger partial charge in [-0.2, -0.15) is 0 Å². The molecule has 5 rings (SSSR count). The number of carbonyl (C=O) groups excluding carboxylic acids is 4. The van der Waals surface area contributed by atoms with Crippen molar-refractivity contribution in [3.63, 3.8) is 0 Å². The summed E-state index contributed by atoms with van der Waals surface area (Å²) >= 11 is 0. The Morgan fingerprint density at radius 2 is 1.75 bits per heavy atom. The first-order valence-corrected chi connectivity index (χ1v) is 12.4. The third-order valence-corrected chi connectivity index (χ3v) is 7.90. The Labute approximate surface area is 227 Å². The molecule has 0 radical (unpaired) electrons. The molecule has 2 amide bonds. The molecule has 1 unspecified atom stereocenters. The Balaban J connectivity index is 1.56. The van der Waals surface area contributed by atoms with Crippen LogP contribution in [0, 0.1) is 17.7 Å². The van der Waals surface area contributed by atoms with E-state index in [-0.39, 0.29) is 29.7 Å². The molecule has 12 heteroatoms. The predicted octanol–water partition coefficient (Wildman–Crippen LogP) is 1.88. The summed E-state index contributed by atoms with van der Waals surface area (Å²) in [4.78, 5) is 52.4. The van der Waals surface area contributed by atoms with E-state index in [1.165, 1.54) is 12.1 Å². The second-order valence-corrected chi connectivity index (χ2v) is 10.4. The number of amides is 2. The monoisotopic (exact) mass is 551 g/mol. The smallest absolute Gasteiger partial charge is 0.255 e. The number of phenolic OH excluding ortho intramolecular Hbond substituents is 1. The number of Topliss-reactive ketones (excluding diaryl/α,β-unsaturated/α-hetero) is 2. The molecule has 1 saturated carbocycles. The van der Waals surface area contributed by atoms with E-state index in [2.05, 4.69) is 5.32 Å². The lowest BCUT2D eigenvalue weighted by molar-refractivity contribution is -0.147. The molecule has 0 heterocycles. The van der Waals surface area contributed by atoms with Crippen LogP contribution in [0.3, 0.4) is 0 Å². The van der Waals surface area contributed by atoms with Gasteiger partial charge < -0.3 is 36.4 Å². The van der Waals surface area contributed by atoms with Crippen LogP contribution in [-0.4, -0.2) is 63.5 Å². The fourth-order valence-corrected chi connectivity index (χ4v) is 5.84. The highest BCUT2D eigenvalue weighted by Crippen LogP contribution is 2.53. The predicted molar refractivity (Wildman–Crippen MR) is 140 cm³/mol. The van der Waals surface area contributed by atoms with Crippen LogP contribution < -0.4 is 16.0 Å². The van der Waals surface area contributed by atoms with Crippen molar-refractivity contribution in [1.82, 2.24) is 0 Å². The normalized spacial score (nSPS) is 23.8. The zero-order valence-corrected chi connectivity index (χ0v) is 21.5. The third kappa shape index (κ3) is 3.82. The molecule has 11 nitrogen and oxygen atoms in total. The van der Waals surface area contributed by atoms with Gasteiger partial charge in [0, 0.05) is 54.9 Å². The first-order chi connectivity index (χ1) is 18.8. The summed E-state index contributed by atoms with van der Waals surface area (Å²) in [6, 6.07) is 7.35. The average Bonchev–Trinajstić information content (AvgIpc) is 2.88. The van der Waals surface area contributed by atoms with E-state index in [0.717, 1.165) is 11.8 Å². The summed E-state index contributed by atoms with van der Waals surface area (Å²) in [5.41, 5.74) is 1.23. The van der Waals surface area contributed by atoms with Crippen molar-refractivity contribution < 1.29 is 44.0 Å². The van der Waals surface area contributed by atoms with Gasteiger partial charge in [0.05, 0.1) is 11.3 Å². The quantitative estimate of drug-likeness (QED) is 0.243. The summed E-state index contributed by atoms with van der Waals surface area (Å²) in [7, 11) is 3.65. The van der Waals surface area contributed by atoms with Gasteiger partial charge in [-0.25, -0.2) is 4.39 Å². The lowest BCUT2D eigenvalue weighted by atomic mass is 9.59. The van der Waals surface area contributed by atoms with Crippen molar-refractivity contribution in [3.05, 3.63) is 69.7 Å². The van der Waals surface area contributed by atoms with Crippen LogP contribution in [0.2, 0.25) is 0 Å². The number of aliphatic hydroxyl groups is 3. The van der Waals surface area contributed by atoms with Gasteiger partial charge >= 0.3 is 0 Å². The molecule has 2 aromatic rings. The zero-order chi connectivity index (χ0) is 29.3. The van der Waals surface area contributed by atoms with Crippen molar-refractivity contribution >= 4 is 40.5 Å². The van der Waals surface area contributed by atoms with Gasteiger partial charge in [-0.05, 0) is 43.0 Å². The van der Waals surface area contributed by atoms with Crippen molar-refractivity contribution in [1.29, 1.82) is 0 Å². The van der Waals surface area contributed by atoms with Gasteiger partial charge in [0.15, 0.2) is 17.1 Å². The Morgan fingerprint density at radius 3 is 2.35 bits per heavy atom. The molecular weight excluding hydrogens is 525 g/mol. The van der Waals surface area contributed by atoms with E-state index in [1.54, 1.807) is 12.1 Å². The largest absolute Gasteiger partial charge is 0.508 e. The molecule has 2 aromatic carbocycles. The molecule has 0 saturated heterocycles. The van der Waals surface area contributed by atoms with Crippen LogP contribution in [0.25, 0.3) is 5.76 Å². The molecule has 1 fully saturated rings. The summed E-state index contributed by atoms with van der Waals surface area (Å²) in [6.07, 6.45) is -0.783. The first kappa shape index (κ1) is 26.9. The van der Waals surface area contributed by atoms with Crippen molar-refractivity contribution in [2.45, 2.75) is 24.9 Å². The maximum absolute atomic E-state index is 15.3. The lowest BCUT2D eigenvalue weighted by Gasteiger charge is -2.46. The number of aromatic hydroxyl groups is 1. The molecule has 3 atom stereocenters. The number of rotatable bonds is 4. The molecular formula is C28H26FN3O8. The van der Waals surface area contributed by atoms with E-state index >= 15 is 4.39 Å². The second-order valence-electron chi connectivity index (χ2n) is 10.4. The SMILES string of the molecule is CN(C)c1ccc(C(=O)Nc2cc(F)c3c(c2O)C(O)=C2C(=O)[C@]4(O)C(O)=C(C(N)=O)C(=O)C[C@@H]4CC2C3)cc1. The number of hydrogen-bond acceptors (Lipinski definition) is 9. The Morgan fingerprint density at radius 1 is 1.10 bits per heavy atom. The van der Waals surface area contributed by atoms with Crippen LogP contribution in [0.4, 0.5) is 15.8 Å². The maximum Gasteiger partial charge on any atom is 0.255 e. The molecule has 3 aliphatic rings. The summed E-state index contributed by atoms with van der Waals surface area (Å²) in [5.74, 6) is -9.71. The number of hydrogen-bond donors (Lipinski definition) is 6. The second kappa shape index (κ2) is 9.19. The topological polar surface area (TPSA) is 190 Å². The number of nitrogens with two attached hydrogens (primary N) is 1. The number of ketones is 2. The molecule has 0 spiro atoms. The standard InChI is InChI=1S/C28H26FN3O8/c1-32(2)14-5-3-11(4-6-14)27(39)31-17-10-16(29)15-8-12-7-13-9-18(33)21(26(30)38)25(37)28(13,40)24(36)19(12)23(35)20(15)22(17)34/h3-6,10,12-13,34-35,37,40H,7-9H2,1-2H3,(H2,30,38)(H,31,39)/t12?,13-,28-/m0/s1. The van der Waals surface area contributed by atoms with Crippen LogP contribution >= 0.6 is 0 Å². The Bertz CT molecular complexity index is 1580. The van der Waals surface area contributed by atoms with Gasteiger partial charge in [-0.1, -0.05) is 0 Å².